The highest BCUT2D eigenvalue weighted by atomic mass is 15.2. The van der Waals surface area contributed by atoms with Crippen molar-refractivity contribution in [3.8, 4) is 0 Å². The predicted octanol–water partition coefficient (Wildman–Crippen LogP) is 3.03. The lowest BCUT2D eigenvalue weighted by molar-refractivity contribution is 0.256. The highest BCUT2D eigenvalue weighted by molar-refractivity contribution is 5.61. The Morgan fingerprint density at radius 2 is 2.24 bits per heavy atom. The lowest BCUT2D eigenvalue weighted by atomic mass is 10.1. The highest BCUT2D eigenvalue weighted by Gasteiger charge is 2.29. The van der Waals surface area contributed by atoms with Crippen molar-refractivity contribution in [1.29, 1.82) is 0 Å². The molecule has 1 N–H and O–H groups in total. The summed E-state index contributed by atoms with van der Waals surface area (Å²) in [6.07, 6.45) is 5.27. The first-order chi connectivity index (χ1) is 8.38. The minimum Gasteiger partial charge on any atom is -0.384 e. The van der Waals surface area contributed by atoms with Gasteiger partial charge >= 0.3 is 0 Å². The Balaban J connectivity index is 1.77. The summed E-state index contributed by atoms with van der Waals surface area (Å²) in [5.41, 5.74) is 4.43. The predicted molar refractivity (Wildman–Crippen MR) is 72.4 cm³/mol. The van der Waals surface area contributed by atoms with Gasteiger partial charge in [0.25, 0.3) is 0 Å². The van der Waals surface area contributed by atoms with Crippen LogP contribution in [0.25, 0.3) is 0 Å². The number of nitrogens with zero attached hydrogens (tertiary/aromatic N) is 1. The van der Waals surface area contributed by atoms with Crippen molar-refractivity contribution in [3.05, 3.63) is 29.3 Å². The fourth-order valence-corrected chi connectivity index (χ4v) is 2.88. The number of para-hydroxylation sites is 1. The molecule has 2 heteroatoms. The molecule has 0 aromatic heterocycles. The molecule has 3 rings (SSSR count). The summed E-state index contributed by atoms with van der Waals surface area (Å²) in [6, 6.07) is 7.65. The van der Waals surface area contributed by atoms with Gasteiger partial charge in [-0.1, -0.05) is 25.1 Å². The van der Waals surface area contributed by atoms with E-state index in [0.29, 0.717) is 0 Å². The SMILES string of the molecule is CCCN(Cc1cccc2c1NCC2)C1CC1. The third kappa shape index (κ3) is 2.32. The summed E-state index contributed by atoms with van der Waals surface area (Å²) in [5, 5.41) is 3.55. The molecule has 2 aliphatic rings. The van der Waals surface area contributed by atoms with Crippen LogP contribution in [0.15, 0.2) is 18.2 Å². The maximum Gasteiger partial charge on any atom is 0.0419 e. The quantitative estimate of drug-likeness (QED) is 0.836. The average Bonchev–Trinajstić information content (AvgIpc) is 3.07. The summed E-state index contributed by atoms with van der Waals surface area (Å²) < 4.78 is 0. The van der Waals surface area contributed by atoms with Crippen LogP contribution in [0.5, 0.6) is 0 Å². The molecule has 0 amide bonds. The van der Waals surface area contributed by atoms with Crippen LogP contribution < -0.4 is 5.32 Å². The van der Waals surface area contributed by atoms with Crippen LogP contribution in [0.2, 0.25) is 0 Å². The van der Waals surface area contributed by atoms with Crippen molar-refractivity contribution in [2.75, 3.05) is 18.4 Å². The minimum absolute atomic E-state index is 0.868. The summed E-state index contributed by atoms with van der Waals surface area (Å²) in [4.78, 5) is 2.66. The molecule has 17 heavy (non-hydrogen) atoms. The second-order valence-corrected chi connectivity index (χ2v) is 5.33. The van der Waals surface area contributed by atoms with Crippen molar-refractivity contribution in [2.24, 2.45) is 0 Å². The van der Waals surface area contributed by atoms with Crippen LogP contribution >= 0.6 is 0 Å². The smallest absolute Gasteiger partial charge is 0.0419 e. The molecule has 0 atom stereocenters. The lowest BCUT2D eigenvalue weighted by Crippen LogP contribution is -2.26. The van der Waals surface area contributed by atoms with Gasteiger partial charge in [0, 0.05) is 24.8 Å². The second-order valence-electron chi connectivity index (χ2n) is 5.33. The number of hydrogen-bond acceptors (Lipinski definition) is 2. The van der Waals surface area contributed by atoms with E-state index < -0.39 is 0 Å². The zero-order valence-corrected chi connectivity index (χ0v) is 10.7. The molecule has 0 saturated heterocycles. The molecule has 0 radical (unpaired) electrons. The lowest BCUT2D eigenvalue weighted by Gasteiger charge is -2.22. The van der Waals surface area contributed by atoms with E-state index in [1.807, 2.05) is 0 Å². The summed E-state index contributed by atoms with van der Waals surface area (Å²) in [5.74, 6) is 0. The Morgan fingerprint density at radius 3 is 3.00 bits per heavy atom. The first-order valence-corrected chi connectivity index (χ1v) is 6.97. The van der Waals surface area contributed by atoms with Gasteiger partial charge in [0.15, 0.2) is 0 Å². The first-order valence-electron chi connectivity index (χ1n) is 6.97. The number of nitrogens with one attached hydrogen (secondary N) is 1. The van der Waals surface area contributed by atoms with Crippen molar-refractivity contribution in [3.63, 3.8) is 0 Å². The zero-order chi connectivity index (χ0) is 11.7. The fraction of sp³-hybridized carbons (Fsp3) is 0.600. The Hall–Kier alpha value is -1.02. The standard InChI is InChI=1S/C15H22N2/c1-2-10-17(14-6-7-14)11-13-5-3-4-12-8-9-16-15(12)13/h3-5,14,16H,2,6-11H2,1H3. The molecule has 1 aromatic rings. The molecular formula is C15H22N2. The first kappa shape index (κ1) is 11.1. The van der Waals surface area contributed by atoms with Crippen LogP contribution in [-0.2, 0) is 13.0 Å². The van der Waals surface area contributed by atoms with E-state index in [1.54, 1.807) is 0 Å². The topological polar surface area (TPSA) is 15.3 Å². The molecule has 0 bridgehead atoms. The number of fused-ring (bicyclic) bond motifs is 1. The van der Waals surface area contributed by atoms with Crippen LogP contribution in [0.4, 0.5) is 5.69 Å². The van der Waals surface area contributed by atoms with Crippen LogP contribution in [0.3, 0.4) is 0 Å². The number of benzene rings is 1. The molecule has 92 valence electrons. The number of anilines is 1. The van der Waals surface area contributed by atoms with Crippen LogP contribution in [-0.4, -0.2) is 24.0 Å². The Kier molecular flexibility index (Phi) is 3.06. The molecule has 1 heterocycles. The summed E-state index contributed by atoms with van der Waals surface area (Å²) in [6.45, 7) is 5.77. The number of rotatable bonds is 5. The monoisotopic (exact) mass is 230 g/mol. The molecule has 0 spiro atoms. The minimum atomic E-state index is 0.868. The summed E-state index contributed by atoms with van der Waals surface area (Å²) in [7, 11) is 0. The Labute approximate surface area is 104 Å². The molecular weight excluding hydrogens is 208 g/mol. The van der Waals surface area contributed by atoms with E-state index in [0.717, 1.165) is 19.1 Å². The highest BCUT2D eigenvalue weighted by Crippen LogP contribution is 2.32. The largest absolute Gasteiger partial charge is 0.384 e. The summed E-state index contributed by atoms with van der Waals surface area (Å²) >= 11 is 0. The van der Waals surface area contributed by atoms with Gasteiger partial charge in [0.05, 0.1) is 0 Å². The molecule has 2 nitrogen and oxygen atoms in total. The third-order valence-corrected chi connectivity index (χ3v) is 3.88. The maximum absolute atomic E-state index is 3.55. The van der Waals surface area contributed by atoms with Crippen molar-refractivity contribution < 1.29 is 0 Å². The van der Waals surface area contributed by atoms with E-state index in [9.17, 15) is 0 Å². The molecule has 1 fully saturated rings. The van der Waals surface area contributed by atoms with Gasteiger partial charge < -0.3 is 5.32 Å². The second kappa shape index (κ2) is 4.69. The average molecular weight is 230 g/mol. The van der Waals surface area contributed by atoms with Gasteiger partial charge in [0.1, 0.15) is 0 Å². The van der Waals surface area contributed by atoms with E-state index in [1.165, 1.54) is 49.0 Å². The van der Waals surface area contributed by atoms with Crippen molar-refractivity contribution in [2.45, 2.75) is 45.2 Å². The zero-order valence-electron chi connectivity index (χ0n) is 10.7. The van der Waals surface area contributed by atoms with Gasteiger partial charge in [-0.15, -0.1) is 0 Å². The Bertz CT molecular complexity index is 396. The van der Waals surface area contributed by atoms with Crippen LogP contribution in [0, 0.1) is 0 Å². The van der Waals surface area contributed by atoms with Gasteiger partial charge in [-0.05, 0) is 43.4 Å². The molecule has 1 saturated carbocycles. The fourth-order valence-electron chi connectivity index (χ4n) is 2.88. The molecule has 1 aliphatic heterocycles. The normalized spacial score (nSPS) is 18.2. The van der Waals surface area contributed by atoms with Crippen molar-refractivity contribution in [1.82, 2.24) is 4.90 Å². The molecule has 1 aliphatic carbocycles. The van der Waals surface area contributed by atoms with Gasteiger partial charge in [-0.25, -0.2) is 0 Å². The maximum atomic E-state index is 3.55. The van der Waals surface area contributed by atoms with Gasteiger partial charge in [0.2, 0.25) is 0 Å². The Morgan fingerprint density at radius 1 is 1.35 bits per heavy atom. The van der Waals surface area contributed by atoms with E-state index >= 15 is 0 Å². The molecule has 0 unspecified atom stereocenters. The van der Waals surface area contributed by atoms with Gasteiger partial charge in [-0.3, -0.25) is 4.90 Å². The number of hydrogen-bond donors (Lipinski definition) is 1. The van der Waals surface area contributed by atoms with E-state index in [4.69, 9.17) is 0 Å². The van der Waals surface area contributed by atoms with Crippen LogP contribution in [0.1, 0.15) is 37.3 Å². The van der Waals surface area contributed by atoms with Gasteiger partial charge in [-0.2, -0.15) is 0 Å². The van der Waals surface area contributed by atoms with E-state index in [-0.39, 0.29) is 0 Å². The van der Waals surface area contributed by atoms with E-state index in [2.05, 4.69) is 35.3 Å². The van der Waals surface area contributed by atoms with Crippen molar-refractivity contribution >= 4 is 5.69 Å². The molecule has 1 aromatic carbocycles. The third-order valence-electron chi connectivity index (χ3n) is 3.88.